The zero-order chi connectivity index (χ0) is 17.9. The average Bonchev–Trinajstić information content (AvgIpc) is 3.44. The first-order valence-electron chi connectivity index (χ1n) is 8.48. The molecule has 1 saturated heterocycles. The van der Waals surface area contributed by atoms with E-state index in [-0.39, 0.29) is 11.8 Å². The van der Waals surface area contributed by atoms with Crippen LogP contribution in [0.25, 0.3) is 5.69 Å². The highest BCUT2D eigenvalue weighted by atomic mass is 32.1. The van der Waals surface area contributed by atoms with E-state index in [1.807, 2.05) is 48.0 Å². The molecule has 3 aromatic rings. The highest BCUT2D eigenvalue weighted by molar-refractivity contribution is 7.12. The van der Waals surface area contributed by atoms with Gasteiger partial charge in [-0.15, -0.1) is 11.3 Å². The molecule has 7 heteroatoms. The molecule has 26 heavy (non-hydrogen) atoms. The number of anilines is 1. The zero-order valence-corrected chi connectivity index (χ0v) is 14.9. The molecule has 0 saturated carbocycles. The Balaban J connectivity index is 1.49. The van der Waals surface area contributed by atoms with Gasteiger partial charge in [0.15, 0.2) is 0 Å². The normalized spacial score (nSPS) is 16.6. The maximum Gasteiger partial charge on any atom is 0.264 e. The van der Waals surface area contributed by atoms with Crippen molar-refractivity contribution in [2.75, 3.05) is 11.9 Å². The van der Waals surface area contributed by atoms with Crippen LogP contribution in [0.4, 0.5) is 5.69 Å². The van der Waals surface area contributed by atoms with Crippen molar-refractivity contribution in [2.24, 2.45) is 0 Å². The SMILES string of the molecule is O=C(Nc1cccc(-n2cccn2)c1)[C@H]1CCCN1C(=O)c1cccs1. The van der Waals surface area contributed by atoms with Crippen LogP contribution in [-0.2, 0) is 4.79 Å². The van der Waals surface area contributed by atoms with Gasteiger partial charge in [0.25, 0.3) is 5.91 Å². The van der Waals surface area contributed by atoms with Crippen LogP contribution in [0.5, 0.6) is 0 Å². The predicted octanol–water partition coefficient (Wildman–Crippen LogP) is 3.18. The number of amides is 2. The molecule has 1 fully saturated rings. The molecular formula is C19H18N4O2S. The topological polar surface area (TPSA) is 67.2 Å². The highest BCUT2D eigenvalue weighted by Crippen LogP contribution is 2.24. The first kappa shape index (κ1) is 16.5. The van der Waals surface area contributed by atoms with E-state index in [2.05, 4.69) is 10.4 Å². The van der Waals surface area contributed by atoms with Crippen LogP contribution in [0.2, 0.25) is 0 Å². The van der Waals surface area contributed by atoms with Crippen LogP contribution in [0.15, 0.2) is 60.2 Å². The van der Waals surface area contributed by atoms with Gasteiger partial charge in [-0.05, 0) is 48.6 Å². The van der Waals surface area contributed by atoms with Gasteiger partial charge in [-0.1, -0.05) is 12.1 Å². The molecular weight excluding hydrogens is 348 g/mol. The van der Waals surface area contributed by atoms with Crippen molar-refractivity contribution >= 4 is 28.8 Å². The summed E-state index contributed by atoms with van der Waals surface area (Å²) in [4.78, 5) is 27.8. The van der Waals surface area contributed by atoms with Crippen LogP contribution < -0.4 is 5.32 Å². The van der Waals surface area contributed by atoms with Crippen molar-refractivity contribution in [3.8, 4) is 5.69 Å². The summed E-state index contributed by atoms with van der Waals surface area (Å²) < 4.78 is 1.73. The molecule has 1 aliphatic rings. The Morgan fingerprint density at radius 2 is 2.12 bits per heavy atom. The second kappa shape index (κ2) is 7.13. The van der Waals surface area contributed by atoms with Gasteiger partial charge in [0.2, 0.25) is 5.91 Å². The lowest BCUT2D eigenvalue weighted by molar-refractivity contribution is -0.119. The fourth-order valence-electron chi connectivity index (χ4n) is 3.20. The van der Waals surface area contributed by atoms with Gasteiger partial charge in [-0.2, -0.15) is 5.10 Å². The molecule has 4 rings (SSSR count). The van der Waals surface area contributed by atoms with Crippen molar-refractivity contribution < 1.29 is 9.59 Å². The lowest BCUT2D eigenvalue weighted by Gasteiger charge is -2.23. The Bertz CT molecular complexity index is 906. The van der Waals surface area contributed by atoms with Crippen molar-refractivity contribution in [3.63, 3.8) is 0 Å². The van der Waals surface area contributed by atoms with Crippen LogP contribution in [0.1, 0.15) is 22.5 Å². The fraction of sp³-hybridized carbons (Fsp3) is 0.211. The standard InChI is InChI=1S/C19H18N4O2S/c24-18(16-7-2-10-22(16)19(25)17-8-3-12-26-17)21-14-5-1-6-15(13-14)23-11-4-9-20-23/h1,3-6,8-9,11-13,16H,2,7,10H2,(H,21,24)/t16-/m1/s1. The second-order valence-electron chi connectivity index (χ2n) is 6.12. The van der Waals surface area contributed by atoms with E-state index >= 15 is 0 Å². The molecule has 0 unspecified atom stereocenters. The summed E-state index contributed by atoms with van der Waals surface area (Å²) in [6, 6.07) is 12.6. The highest BCUT2D eigenvalue weighted by Gasteiger charge is 2.34. The molecule has 2 amide bonds. The first-order valence-corrected chi connectivity index (χ1v) is 9.36. The van der Waals surface area contributed by atoms with Gasteiger partial charge < -0.3 is 10.2 Å². The molecule has 1 N–H and O–H groups in total. The minimum atomic E-state index is -0.432. The molecule has 2 aromatic heterocycles. The maximum absolute atomic E-state index is 12.8. The van der Waals surface area contributed by atoms with Gasteiger partial charge >= 0.3 is 0 Å². The van der Waals surface area contributed by atoms with E-state index in [4.69, 9.17) is 0 Å². The number of carbonyl (C=O) groups is 2. The molecule has 0 aliphatic carbocycles. The number of likely N-dealkylation sites (tertiary alicyclic amines) is 1. The van der Waals surface area contributed by atoms with E-state index in [0.29, 0.717) is 23.5 Å². The molecule has 0 spiro atoms. The van der Waals surface area contributed by atoms with E-state index < -0.39 is 6.04 Å². The number of hydrogen-bond acceptors (Lipinski definition) is 4. The number of hydrogen-bond donors (Lipinski definition) is 1. The van der Waals surface area contributed by atoms with Crippen LogP contribution >= 0.6 is 11.3 Å². The van der Waals surface area contributed by atoms with Crippen molar-refractivity contribution in [3.05, 3.63) is 65.1 Å². The number of carbonyl (C=O) groups excluding carboxylic acids is 2. The molecule has 0 radical (unpaired) electrons. The third-order valence-corrected chi connectivity index (χ3v) is 5.29. The number of benzene rings is 1. The minimum Gasteiger partial charge on any atom is -0.326 e. The Morgan fingerprint density at radius 3 is 2.88 bits per heavy atom. The molecule has 3 heterocycles. The summed E-state index contributed by atoms with van der Waals surface area (Å²) in [6.07, 6.45) is 5.07. The van der Waals surface area contributed by atoms with Crippen molar-refractivity contribution in [2.45, 2.75) is 18.9 Å². The zero-order valence-electron chi connectivity index (χ0n) is 14.0. The second-order valence-corrected chi connectivity index (χ2v) is 7.07. The van der Waals surface area contributed by atoms with E-state index in [1.54, 1.807) is 21.8 Å². The largest absolute Gasteiger partial charge is 0.326 e. The molecule has 1 atom stereocenters. The molecule has 6 nitrogen and oxygen atoms in total. The van der Waals surface area contributed by atoms with Gasteiger partial charge in [0.05, 0.1) is 10.6 Å². The summed E-state index contributed by atoms with van der Waals surface area (Å²) in [7, 11) is 0. The smallest absolute Gasteiger partial charge is 0.264 e. The fourth-order valence-corrected chi connectivity index (χ4v) is 3.88. The van der Waals surface area contributed by atoms with Gasteiger partial charge in [-0.3, -0.25) is 9.59 Å². The number of aromatic nitrogens is 2. The van der Waals surface area contributed by atoms with E-state index in [9.17, 15) is 9.59 Å². The number of nitrogens with one attached hydrogen (secondary N) is 1. The number of thiophene rings is 1. The summed E-state index contributed by atoms with van der Waals surface area (Å²) in [6.45, 7) is 0.613. The Kier molecular flexibility index (Phi) is 4.53. The van der Waals surface area contributed by atoms with Crippen molar-refractivity contribution in [1.29, 1.82) is 0 Å². The third kappa shape index (κ3) is 3.25. The number of nitrogens with zero attached hydrogens (tertiary/aromatic N) is 3. The Hall–Kier alpha value is -2.93. The maximum atomic E-state index is 12.8. The summed E-state index contributed by atoms with van der Waals surface area (Å²) in [5, 5.41) is 9.02. The molecule has 1 aromatic carbocycles. The molecule has 0 bridgehead atoms. The molecule has 1 aliphatic heterocycles. The van der Waals surface area contributed by atoms with Gasteiger partial charge in [-0.25, -0.2) is 4.68 Å². The van der Waals surface area contributed by atoms with Crippen molar-refractivity contribution in [1.82, 2.24) is 14.7 Å². The van der Waals surface area contributed by atoms with Crippen LogP contribution in [0, 0.1) is 0 Å². The summed E-state index contributed by atoms with van der Waals surface area (Å²) >= 11 is 1.40. The van der Waals surface area contributed by atoms with Crippen LogP contribution in [0.3, 0.4) is 0 Å². The van der Waals surface area contributed by atoms with Gasteiger partial charge in [0, 0.05) is 24.6 Å². The average molecular weight is 366 g/mol. The monoisotopic (exact) mass is 366 g/mol. The Morgan fingerprint density at radius 1 is 1.19 bits per heavy atom. The summed E-state index contributed by atoms with van der Waals surface area (Å²) in [5.74, 6) is -0.215. The molecule has 132 valence electrons. The summed E-state index contributed by atoms with van der Waals surface area (Å²) in [5.41, 5.74) is 1.56. The van der Waals surface area contributed by atoms with Crippen LogP contribution in [-0.4, -0.2) is 39.1 Å². The lowest BCUT2D eigenvalue weighted by Crippen LogP contribution is -2.42. The Labute approximate surface area is 155 Å². The quantitative estimate of drug-likeness (QED) is 0.771. The van der Waals surface area contributed by atoms with E-state index in [1.165, 1.54) is 11.3 Å². The third-order valence-electron chi connectivity index (χ3n) is 4.43. The minimum absolute atomic E-state index is 0.0667. The van der Waals surface area contributed by atoms with E-state index in [0.717, 1.165) is 12.1 Å². The first-order chi connectivity index (χ1) is 12.7. The lowest BCUT2D eigenvalue weighted by atomic mass is 10.2. The number of rotatable bonds is 4. The predicted molar refractivity (Wildman–Crippen MR) is 101 cm³/mol. The van der Waals surface area contributed by atoms with Gasteiger partial charge in [0.1, 0.15) is 6.04 Å².